The van der Waals surface area contributed by atoms with Gasteiger partial charge >= 0.3 is 5.97 Å². The van der Waals surface area contributed by atoms with Crippen LogP contribution in [0, 0.1) is 11.3 Å². The number of carbonyl (C=O) groups is 1. The van der Waals surface area contributed by atoms with Gasteiger partial charge in [-0.2, -0.15) is 0 Å². The summed E-state index contributed by atoms with van der Waals surface area (Å²) in [5.74, 6) is -0.514. The predicted octanol–water partition coefficient (Wildman–Crippen LogP) is 1.47. The summed E-state index contributed by atoms with van der Waals surface area (Å²) >= 11 is 0. The molecule has 2 rings (SSSR count). The van der Waals surface area contributed by atoms with Crippen LogP contribution in [-0.4, -0.2) is 31.3 Å². The summed E-state index contributed by atoms with van der Waals surface area (Å²) in [7, 11) is 1.43. The minimum atomic E-state index is -0.381. The van der Waals surface area contributed by atoms with Crippen molar-refractivity contribution in [2.75, 3.05) is 13.7 Å². The molecule has 0 aromatic heterocycles. The topological polar surface area (TPSA) is 61.5 Å². The standard InChI is InChI=1S/C13H23NO3/c1-12(2)5-4-6-13(8-12)10(11(15)16-3)9(14)7-17-13/h9-10H,4-8,14H2,1-3H3. The van der Waals surface area contributed by atoms with E-state index >= 15 is 0 Å². The molecule has 1 saturated carbocycles. The third-order valence-electron chi connectivity index (χ3n) is 4.24. The molecule has 4 heteroatoms. The van der Waals surface area contributed by atoms with Crippen LogP contribution in [0.15, 0.2) is 0 Å². The molecule has 0 aromatic carbocycles. The molecule has 2 aliphatic rings. The van der Waals surface area contributed by atoms with E-state index < -0.39 is 0 Å². The van der Waals surface area contributed by atoms with Gasteiger partial charge in [-0.1, -0.05) is 20.3 Å². The van der Waals surface area contributed by atoms with Crippen molar-refractivity contribution in [2.45, 2.75) is 51.2 Å². The van der Waals surface area contributed by atoms with E-state index in [9.17, 15) is 4.79 Å². The molecule has 1 aliphatic heterocycles. The van der Waals surface area contributed by atoms with Crippen molar-refractivity contribution >= 4 is 5.97 Å². The van der Waals surface area contributed by atoms with Gasteiger partial charge in [0.05, 0.1) is 19.3 Å². The quantitative estimate of drug-likeness (QED) is 0.706. The van der Waals surface area contributed by atoms with Crippen molar-refractivity contribution in [3.63, 3.8) is 0 Å². The number of rotatable bonds is 1. The zero-order chi connectivity index (χ0) is 12.7. The highest BCUT2D eigenvalue weighted by molar-refractivity contribution is 5.75. The summed E-state index contributed by atoms with van der Waals surface area (Å²) in [6.07, 6.45) is 4.09. The first-order valence-electron chi connectivity index (χ1n) is 6.38. The van der Waals surface area contributed by atoms with Crippen LogP contribution in [0.5, 0.6) is 0 Å². The van der Waals surface area contributed by atoms with Crippen molar-refractivity contribution in [1.82, 2.24) is 0 Å². The Labute approximate surface area is 103 Å². The lowest BCUT2D eigenvalue weighted by molar-refractivity contribution is -0.157. The number of ether oxygens (including phenoxy) is 2. The lowest BCUT2D eigenvalue weighted by atomic mass is 9.65. The molecule has 1 heterocycles. The summed E-state index contributed by atoms with van der Waals surface area (Å²) in [6.45, 7) is 4.93. The normalized spacial score (nSPS) is 40.5. The van der Waals surface area contributed by atoms with E-state index in [2.05, 4.69) is 13.8 Å². The number of hydrogen-bond donors (Lipinski definition) is 1. The van der Waals surface area contributed by atoms with Crippen LogP contribution < -0.4 is 5.73 Å². The highest BCUT2D eigenvalue weighted by Gasteiger charge is 2.56. The summed E-state index contributed by atoms with van der Waals surface area (Å²) < 4.78 is 10.8. The first-order chi connectivity index (χ1) is 7.90. The zero-order valence-electron chi connectivity index (χ0n) is 11.0. The predicted molar refractivity (Wildman–Crippen MR) is 64.4 cm³/mol. The first-order valence-corrected chi connectivity index (χ1v) is 6.38. The Morgan fingerprint density at radius 1 is 1.41 bits per heavy atom. The fourth-order valence-electron chi connectivity index (χ4n) is 3.60. The van der Waals surface area contributed by atoms with Crippen LogP contribution in [0.4, 0.5) is 0 Å². The Kier molecular flexibility index (Phi) is 3.21. The van der Waals surface area contributed by atoms with Gasteiger partial charge < -0.3 is 15.2 Å². The Balaban J connectivity index is 2.25. The molecule has 0 bridgehead atoms. The molecule has 0 amide bonds. The molecule has 3 atom stereocenters. The van der Waals surface area contributed by atoms with E-state index in [1.54, 1.807) is 0 Å². The molecule has 17 heavy (non-hydrogen) atoms. The van der Waals surface area contributed by atoms with Crippen molar-refractivity contribution in [3.8, 4) is 0 Å². The highest BCUT2D eigenvalue weighted by atomic mass is 16.5. The Morgan fingerprint density at radius 3 is 2.71 bits per heavy atom. The summed E-state index contributed by atoms with van der Waals surface area (Å²) in [5.41, 5.74) is 5.86. The smallest absolute Gasteiger partial charge is 0.313 e. The molecular formula is C13H23NO3. The lowest BCUT2D eigenvalue weighted by Gasteiger charge is -2.44. The maximum Gasteiger partial charge on any atom is 0.313 e. The average Bonchev–Trinajstić information content (AvgIpc) is 2.53. The molecule has 98 valence electrons. The minimum absolute atomic E-state index is 0.215. The van der Waals surface area contributed by atoms with Gasteiger partial charge in [0.1, 0.15) is 5.92 Å². The first kappa shape index (κ1) is 12.8. The van der Waals surface area contributed by atoms with Gasteiger partial charge in [0, 0.05) is 6.04 Å². The van der Waals surface area contributed by atoms with E-state index in [-0.39, 0.29) is 28.9 Å². The molecule has 2 fully saturated rings. The maximum atomic E-state index is 11.9. The Bertz CT molecular complexity index is 312. The maximum absolute atomic E-state index is 11.9. The van der Waals surface area contributed by atoms with Gasteiger partial charge in [-0.3, -0.25) is 4.79 Å². The second-order valence-electron chi connectivity index (χ2n) is 6.24. The lowest BCUT2D eigenvalue weighted by Crippen LogP contribution is -2.50. The highest BCUT2D eigenvalue weighted by Crippen LogP contribution is 2.50. The fraction of sp³-hybridized carbons (Fsp3) is 0.923. The van der Waals surface area contributed by atoms with Gasteiger partial charge in [0.15, 0.2) is 0 Å². The fourth-order valence-corrected chi connectivity index (χ4v) is 3.60. The zero-order valence-corrected chi connectivity index (χ0v) is 11.0. The van der Waals surface area contributed by atoms with Crippen LogP contribution in [0.1, 0.15) is 39.5 Å². The minimum Gasteiger partial charge on any atom is -0.469 e. The number of methoxy groups -OCH3 is 1. The monoisotopic (exact) mass is 241 g/mol. The van der Waals surface area contributed by atoms with Crippen molar-refractivity contribution in [3.05, 3.63) is 0 Å². The van der Waals surface area contributed by atoms with E-state index in [1.807, 2.05) is 0 Å². The van der Waals surface area contributed by atoms with Crippen LogP contribution in [0.25, 0.3) is 0 Å². The molecule has 1 spiro atoms. The summed E-state index contributed by atoms with van der Waals surface area (Å²) in [4.78, 5) is 11.9. The van der Waals surface area contributed by atoms with E-state index in [0.717, 1.165) is 19.3 Å². The number of esters is 1. The van der Waals surface area contributed by atoms with Gasteiger partial charge in [-0.15, -0.1) is 0 Å². The molecule has 1 aliphatic carbocycles. The Hall–Kier alpha value is -0.610. The van der Waals surface area contributed by atoms with Crippen LogP contribution in [0.2, 0.25) is 0 Å². The molecule has 3 unspecified atom stereocenters. The van der Waals surface area contributed by atoms with E-state index in [0.29, 0.717) is 6.61 Å². The average molecular weight is 241 g/mol. The largest absolute Gasteiger partial charge is 0.469 e. The summed E-state index contributed by atoms with van der Waals surface area (Å²) in [5, 5.41) is 0. The van der Waals surface area contributed by atoms with Crippen molar-refractivity contribution < 1.29 is 14.3 Å². The van der Waals surface area contributed by atoms with Gasteiger partial charge in [0.2, 0.25) is 0 Å². The molecule has 4 nitrogen and oxygen atoms in total. The third-order valence-corrected chi connectivity index (χ3v) is 4.24. The van der Waals surface area contributed by atoms with Gasteiger partial charge in [-0.25, -0.2) is 0 Å². The second kappa shape index (κ2) is 4.25. The van der Waals surface area contributed by atoms with Crippen LogP contribution in [0.3, 0.4) is 0 Å². The Morgan fingerprint density at radius 2 is 2.12 bits per heavy atom. The number of nitrogens with two attached hydrogens (primary N) is 1. The molecule has 1 saturated heterocycles. The molecule has 0 radical (unpaired) electrons. The third kappa shape index (κ3) is 2.20. The van der Waals surface area contributed by atoms with E-state index in [4.69, 9.17) is 15.2 Å². The van der Waals surface area contributed by atoms with Gasteiger partial charge in [0.25, 0.3) is 0 Å². The number of hydrogen-bond acceptors (Lipinski definition) is 4. The van der Waals surface area contributed by atoms with Crippen LogP contribution >= 0.6 is 0 Å². The van der Waals surface area contributed by atoms with Crippen molar-refractivity contribution in [1.29, 1.82) is 0 Å². The van der Waals surface area contributed by atoms with E-state index in [1.165, 1.54) is 13.5 Å². The second-order valence-corrected chi connectivity index (χ2v) is 6.24. The van der Waals surface area contributed by atoms with Crippen molar-refractivity contribution in [2.24, 2.45) is 17.1 Å². The summed E-state index contributed by atoms with van der Waals surface area (Å²) in [6, 6.07) is -0.226. The SMILES string of the molecule is COC(=O)C1C(N)COC12CCCC(C)(C)C2. The van der Waals surface area contributed by atoms with Crippen LogP contribution in [-0.2, 0) is 14.3 Å². The van der Waals surface area contributed by atoms with Gasteiger partial charge in [-0.05, 0) is 24.7 Å². The molecular weight excluding hydrogens is 218 g/mol. The molecule has 0 aromatic rings. The number of carbonyl (C=O) groups excluding carboxylic acids is 1. The molecule has 2 N–H and O–H groups in total.